The number of rotatable bonds is 4. The fraction of sp³-hybridized carbons (Fsp3) is 0.571. The molecular formula is C14H21N3OS2. The van der Waals surface area contributed by atoms with E-state index in [4.69, 9.17) is 12.2 Å². The number of hydrogen-bond donors (Lipinski definition) is 1. The van der Waals surface area contributed by atoms with Crippen molar-refractivity contribution < 1.29 is 0 Å². The van der Waals surface area contributed by atoms with Gasteiger partial charge in [0.05, 0.1) is 5.39 Å². The molecule has 0 aliphatic carbocycles. The van der Waals surface area contributed by atoms with Gasteiger partial charge in [0.25, 0.3) is 5.56 Å². The Hall–Kier alpha value is -0.980. The summed E-state index contributed by atoms with van der Waals surface area (Å²) in [5.41, 5.74) is 1.09. The van der Waals surface area contributed by atoms with E-state index in [0.29, 0.717) is 17.4 Å². The Morgan fingerprint density at radius 1 is 1.40 bits per heavy atom. The zero-order valence-corrected chi connectivity index (χ0v) is 14.2. The maximum absolute atomic E-state index is 12.6. The molecular weight excluding hydrogens is 290 g/mol. The smallest absolute Gasteiger partial charge is 0.263 e. The van der Waals surface area contributed by atoms with Crippen LogP contribution < -0.4 is 5.56 Å². The highest BCUT2D eigenvalue weighted by Gasteiger charge is 2.13. The summed E-state index contributed by atoms with van der Waals surface area (Å²) in [6.07, 6.45) is 0. The summed E-state index contributed by atoms with van der Waals surface area (Å²) in [5.74, 6) is 0. The second-order valence-electron chi connectivity index (χ2n) is 5.45. The van der Waals surface area contributed by atoms with Crippen LogP contribution in [0.5, 0.6) is 0 Å². The predicted octanol–water partition coefficient (Wildman–Crippen LogP) is 3.08. The van der Waals surface area contributed by atoms with E-state index < -0.39 is 0 Å². The predicted molar refractivity (Wildman–Crippen MR) is 88.5 cm³/mol. The van der Waals surface area contributed by atoms with Gasteiger partial charge in [0, 0.05) is 24.0 Å². The Labute approximate surface area is 128 Å². The van der Waals surface area contributed by atoms with Gasteiger partial charge < -0.3 is 9.88 Å². The highest BCUT2D eigenvalue weighted by Crippen LogP contribution is 2.25. The van der Waals surface area contributed by atoms with E-state index >= 15 is 0 Å². The summed E-state index contributed by atoms with van der Waals surface area (Å²) < 4.78 is 2.19. The Morgan fingerprint density at radius 2 is 2.05 bits per heavy atom. The first-order valence-electron chi connectivity index (χ1n) is 6.76. The van der Waals surface area contributed by atoms with Crippen molar-refractivity contribution in [2.75, 3.05) is 13.6 Å². The second kappa shape index (κ2) is 5.79. The van der Waals surface area contributed by atoms with E-state index in [9.17, 15) is 4.79 Å². The molecule has 6 heteroatoms. The topological polar surface area (TPSA) is 41.0 Å². The van der Waals surface area contributed by atoms with E-state index in [-0.39, 0.29) is 5.56 Å². The van der Waals surface area contributed by atoms with Crippen molar-refractivity contribution in [3.63, 3.8) is 0 Å². The zero-order chi connectivity index (χ0) is 15.0. The molecule has 0 aliphatic heterocycles. The van der Waals surface area contributed by atoms with Crippen LogP contribution in [0.3, 0.4) is 0 Å². The molecule has 1 N–H and O–H groups in total. The molecule has 2 aromatic rings. The Balaban J connectivity index is 2.46. The third-order valence-corrected chi connectivity index (χ3v) is 5.31. The summed E-state index contributed by atoms with van der Waals surface area (Å²) in [4.78, 5) is 20.1. The number of nitrogens with one attached hydrogen (secondary N) is 1. The van der Waals surface area contributed by atoms with Gasteiger partial charge in [0.1, 0.15) is 4.83 Å². The van der Waals surface area contributed by atoms with Crippen LogP contribution in [0, 0.1) is 18.6 Å². The largest absolute Gasteiger partial charge is 0.323 e. The number of hydrogen-bond acceptors (Lipinski definition) is 4. The minimum Gasteiger partial charge on any atom is -0.323 e. The number of nitrogens with zero attached hydrogens (tertiary/aromatic N) is 2. The quantitative estimate of drug-likeness (QED) is 0.882. The molecule has 4 nitrogen and oxygen atoms in total. The van der Waals surface area contributed by atoms with Gasteiger partial charge in [-0.25, -0.2) is 0 Å². The van der Waals surface area contributed by atoms with E-state index in [1.165, 1.54) is 4.88 Å². The molecule has 0 unspecified atom stereocenters. The molecule has 0 aliphatic rings. The number of aromatic amines is 1. The number of aryl methyl sites for hydroxylation is 2. The van der Waals surface area contributed by atoms with Crippen LogP contribution in [-0.4, -0.2) is 34.1 Å². The summed E-state index contributed by atoms with van der Waals surface area (Å²) in [7, 11) is 2.06. The van der Waals surface area contributed by atoms with E-state index in [1.807, 2.05) is 13.8 Å². The van der Waals surface area contributed by atoms with Crippen LogP contribution in [0.2, 0.25) is 0 Å². The van der Waals surface area contributed by atoms with Crippen molar-refractivity contribution in [3.8, 4) is 0 Å². The van der Waals surface area contributed by atoms with Crippen molar-refractivity contribution in [1.29, 1.82) is 0 Å². The van der Waals surface area contributed by atoms with Crippen LogP contribution in [0.25, 0.3) is 10.2 Å². The van der Waals surface area contributed by atoms with Gasteiger partial charge >= 0.3 is 0 Å². The lowest BCUT2D eigenvalue weighted by molar-refractivity contribution is 0.261. The van der Waals surface area contributed by atoms with Gasteiger partial charge in [-0.1, -0.05) is 0 Å². The third kappa shape index (κ3) is 2.73. The van der Waals surface area contributed by atoms with Crippen LogP contribution in [-0.2, 0) is 6.54 Å². The van der Waals surface area contributed by atoms with Crippen LogP contribution in [0.15, 0.2) is 4.79 Å². The first-order chi connectivity index (χ1) is 9.32. The normalized spacial score (nSPS) is 11.9. The number of fused-ring (bicyclic) bond motifs is 1. The van der Waals surface area contributed by atoms with Gasteiger partial charge in [-0.05, 0) is 52.5 Å². The molecule has 0 saturated heterocycles. The number of H-pyrrole nitrogens is 1. The molecule has 2 rings (SSSR count). The molecule has 0 spiro atoms. The molecule has 0 fully saturated rings. The van der Waals surface area contributed by atoms with Crippen molar-refractivity contribution in [1.82, 2.24) is 14.5 Å². The lowest BCUT2D eigenvalue weighted by Gasteiger charge is -2.21. The number of aromatic nitrogens is 2. The van der Waals surface area contributed by atoms with Crippen LogP contribution in [0.1, 0.15) is 24.3 Å². The van der Waals surface area contributed by atoms with Crippen LogP contribution >= 0.6 is 23.6 Å². The fourth-order valence-corrected chi connectivity index (χ4v) is 3.48. The Bertz CT molecular complexity index is 739. The maximum atomic E-state index is 12.6. The van der Waals surface area contributed by atoms with E-state index in [2.05, 4.69) is 30.8 Å². The highest BCUT2D eigenvalue weighted by molar-refractivity contribution is 7.71. The van der Waals surface area contributed by atoms with Crippen molar-refractivity contribution in [2.24, 2.45) is 0 Å². The molecule has 0 amide bonds. The molecule has 0 aromatic carbocycles. The molecule has 0 radical (unpaired) electrons. The van der Waals surface area contributed by atoms with Gasteiger partial charge in [-0.2, -0.15) is 0 Å². The average Bonchev–Trinajstić information content (AvgIpc) is 2.64. The Kier molecular flexibility index (Phi) is 4.46. The first-order valence-corrected chi connectivity index (χ1v) is 7.98. The molecule has 20 heavy (non-hydrogen) atoms. The molecule has 2 heterocycles. The summed E-state index contributed by atoms with van der Waals surface area (Å²) in [5, 5.41) is 0.785. The third-order valence-electron chi connectivity index (χ3n) is 3.87. The number of likely N-dealkylation sites (N-methyl/N-ethyl adjacent to an activating group) is 1. The SMILES string of the molecule is Cc1sc2[nH]c(=S)n(CCN(C)C(C)C)c(=O)c2c1C. The number of thiophene rings is 1. The lowest BCUT2D eigenvalue weighted by atomic mass is 10.2. The van der Waals surface area contributed by atoms with E-state index in [0.717, 1.165) is 22.3 Å². The summed E-state index contributed by atoms with van der Waals surface area (Å²) in [6.45, 7) is 9.73. The standard InChI is InChI=1S/C14H21N3OS2/c1-8(2)16(5)6-7-17-13(18)11-9(3)10(4)20-12(11)15-14(17)19/h8H,6-7H2,1-5H3,(H,15,19). The minimum absolute atomic E-state index is 0.0303. The highest BCUT2D eigenvalue weighted by atomic mass is 32.1. The lowest BCUT2D eigenvalue weighted by Crippen LogP contribution is -2.33. The monoisotopic (exact) mass is 311 g/mol. The van der Waals surface area contributed by atoms with E-state index in [1.54, 1.807) is 15.9 Å². The average molecular weight is 311 g/mol. The molecule has 2 aromatic heterocycles. The maximum Gasteiger partial charge on any atom is 0.263 e. The van der Waals surface area contributed by atoms with Gasteiger partial charge in [0.2, 0.25) is 0 Å². The second-order valence-corrected chi connectivity index (χ2v) is 7.06. The fourth-order valence-electron chi connectivity index (χ4n) is 2.08. The van der Waals surface area contributed by atoms with Crippen molar-refractivity contribution in [3.05, 3.63) is 25.6 Å². The summed E-state index contributed by atoms with van der Waals surface area (Å²) in [6, 6.07) is 0.456. The molecule has 110 valence electrons. The molecule has 0 bridgehead atoms. The summed E-state index contributed by atoms with van der Waals surface area (Å²) >= 11 is 6.93. The zero-order valence-electron chi connectivity index (χ0n) is 12.6. The molecule has 0 atom stereocenters. The first kappa shape index (κ1) is 15.4. The van der Waals surface area contributed by atoms with Gasteiger partial charge in [-0.15, -0.1) is 11.3 Å². The van der Waals surface area contributed by atoms with Gasteiger partial charge in [-0.3, -0.25) is 9.36 Å². The minimum atomic E-state index is 0.0303. The van der Waals surface area contributed by atoms with Crippen molar-refractivity contribution in [2.45, 2.75) is 40.3 Å². The van der Waals surface area contributed by atoms with Gasteiger partial charge in [0.15, 0.2) is 4.77 Å². The van der Waals surface area contributed by atoms with Crippen LogP contribution in [0.4, 0.5) is 0 Å². The Morgan fingerprint density at radius 3 is 2.65 bits per heavy atom. The van der Waals surface area contributed by atoms with Crippen molar-refractivity contribution >= 4 is 33.8 Å². The molecule has 0 saturated carbocycles.